The van der Waals surface area contributed by atoms with Crippen molar-refractivity contribution in [2.24, 2.45) is 5.73 Å². The number of nitrogens with one attached hydrogen (secondary N) is 1. The first-order valence-corrected chi connectivity index (χ1v) is 8.28. The van der Waals surface area contributed by atoms with E-state index in [1.165, 1.54) is 0 Å². The van der Waals surface area contributed by atoms with Crippen molar-refractivity contribution in [3.05, 3.63) is 59.2 Å². The van der Waals surface area contributed by atoms with Crippen LogP contribution in [0.15, 0.2) is 42.5 Å². The average molecular weight is 342 g/mol. The molecule has 2 rings (SSSR count). The highest BCUT2D eigenvalue weighted by Crippen LogP contribution is 2.28. The fourth-order valence-electron chi connectivity index (χ4n) is 2.67. The maximum absolute atomic E-state index is 12.4. The standard InChI is InChI=1S/C20H26N2O3/c1-13-5-8-16(9-6-13)19(21)20(23)22-14(2)11-15-7-10-17(24-3)18(12-15)25-4/h5-10,12,14,19H,11,21H2,1-4H3,(H,22,23). The van der Waals surface area contributed by atoms with Crippen LogP contribution in [0.2, 0.25) is 0 Å². The minimum absolute atomic E-state index is 0.0536. The molecule has 2 aromatic carbocycles. The van der Waals surface area contributed by atoms with Gasteiger partial charge in [-0.3, -0.25) is 4.79 Å². The molecule has 0 saturated heterocycles. The van der Waals surface area contributed by atoms with E-state index in [4.69, 9.17) is 15.2 Å². The maximum atomic E-state index is 12.4. The minimum atomic E-state index is -0.673. The zero-order chi connectivity index (χ0) is 18.4. The van der Waals surface area contributed by atoms with Crippen molar-refractivity contribution in [2.45, 2.75) is 32.4 Å². The Labute approximate surface area is 149 Å². The number of hydrogen-bond acceptors (Lipinski definition) is 4. The van der Waals surface area contributed by atoms with Crippen LogP contribution in [-0.4, -0.2) is 26.2 Å². The normalized spacial score (nSPS) is 13.0. The molecule has 2 atom stereocenters. The van der Waals surface area contributed by atoms with E-state index < -0.39 is 6.04 Å². The van der Waals surface area contributed by atoms with Crippen molar-refractivity contribution in [1.29, 1.82) is 0 Å². The fraction of sp³-hybridized carbons (Fsp3) is 0.350. The van der Waals surface area contributed by atoms with Crippen molar-refractivity contribution in [2.75, 3.05) is 14.2 Å². The van der Waals surface area contributed by atoms with E-state index in [1.807, 2.05) is 56.3 Å². The molecule has 3 N–H and O–H groups in total. The van der Waals surface area contributed by atoms with Gasteiger partial charge in [0.2, 0.25) is 5.91 Å². The molecule has 0 spiro atoms. The Morgan fingerprint density at radius 2 is 1.72 bits per heavy atom. The van der Waals surface area contributed by atoms with Gasteiger partial charge in [0.05, 0.1) is 14.2 Å². The molecule has 0 radical (unpaired) electrons. The van der Waals surface area contributed by atoms with E-state index in [-0.39, 0.29) is 11.9 Å². The van der Waals surface area contributed by atoms with Crippen LogP contribution in [0.4, 0.5) is 0 Å². The molecule has 0 aromatic heterocycles. The highest BCUT2D eigenvalue weighted by Gasteiger charge is 2.18. The molecule has 0 fully saturated rings. The molecule has 0 saturated carbocycles. The monoisotopic (exact) mass is 342 g/mol. The number of carbonyl (C=O) groups is 1. The van der Waals surface area contributed by atoms with Crippen LogP contribution in [0.25, 0.3) is 0 Å². The molecule has 2 aromatic rings. The van der Waals surface area contributed by atoms with Gasteiger partial charge in [-0.2, -0.15) is 0 Å². The van der Waals surface area contributed by atoms with Gasteiger partial charge in [-0.25, -0.2) is 0 Å². The van der Waals surface area contributed by atoms with Gasteiger partial charge in [0.1, 0.15) is 6.04 Å². The smallest absolute Gasteiger partial charge is 0.241 e. The molecule has 0 aliphatic carbocycles. The fourth-order valence-corrected chi connectivity index (χ4v) is 2.67. The van der Waals surface area contributed by atoms with Crippen molar-refractivity contribution in [3.63, 3.8) is 0 Å². The Kier molecular flexibility index (Phi) is 6.42. The van der Waals surface area contributed by atoms with Gasteiger partial charge in [-0.15, -0.1) is 0 Å². The van der Waals surface area contributed by atoms with Gasteiger partial charge >= 0.3 is 0 Å². The number of benzene rings is 2. The zero-order valence-electron chi connectivity index (χ0n) is 15.2. The lowest BCUT2D eigenvalue weighted by molar-refractivity contribution is -0.123. The van der Waals surface area contributed by atoms with Crippen LogP contribution in [0.5, 0.6) is 11.5 Å². The predicted octanol–water partition coefficient (Wildman–Crippen LogP) is 2.76. The lowest BCUT2D eigenvalue weighted by Gasteiger charge is -2.18. The minimum Gasteiger partial charge on any atom is -0.493 e. The Balaban J connectivity index is 1.98. The average Bonchev–Trinajstić information content (AvgIpc) is 2.61. The largest absolute Gasteiger partial charge is 0.493 e. The van der Waals surface area contributed by atoms with Crippen LogP contribution >= 0.6 is 0 Å². The Bertz CT molecular complexity index is 713. The summed E-state index contributed by atoms with van der Waals surface area (Å²) in [5.41, 5.74) is 9.06. The Morgan fingerprint density at radius 3 is 2.32 bits per heavy atom. The second kappa shape index (κ2) is 8.53. The number of nitrogens with two attached hydrogens (primary N) is 1. The SMILES string of the molecule is COc1ccc(CC(C)NC(=O)C(N)c2ccc(C)cc2)cc1OC. The highest BCUT2D eigenvalue weighted by atomic mass is 16.5. The summed E-state index contributed by atoms with van der Waals surface area (Å²) in [4.78, 5) is 12.4. The number of rotatable bonds is 7. The summed E-state index contributed by atoms with van der Waals surface area (Å²) in [6.45, 7) is 3.96. The van der Waals surface area contributed by atoms with Gasteiger partial charge in [-0.1, -0.05) is 35.9 Å². The predicted molar refractivity (Wildman–Crippen MR) is 99.0 cm³/mol. The molecule has 2 unspecified atom stereocenters. The summed E-state index contributed by atoms with van der Waals surface area (Å²) in [5.74, 6) is 1.18. The van der Waals surface area contributed by atoms with Gasteiger partial charge in [0, 0.05) is 6.04 Å². The number of hydrogen-bond donors (Lipinski definition) is 2. The third-order valence-electron chi connectivity index (χ3n) is 4.10. The van der Waals surface area contributed by atoms with Crippen molar-refractivity contribution < 1.29 is 14.3 Å². The number of aryl methyl sites for hydroxylation is 1. The Morgan fingerprint density at radius 1 is 1.08 bits per heavy atom. The van der Waals surface area contributed by atoms with Gasteiger partial charge < -0.3 is 20.5 Å². The molecule has 25 heavy (non-hydrogen) atoms. The summed E-state index contributed by atoms with van der Waals surface area (Å²) < 4.78 is 10.6. The van der Waals surface area contributed by atoms with E-state index in [0.29, 0.717) is 17.9 Å². The van der Waals surface area contributed by atoms with Crippen LogP contribution in [-0.2, 0) is 11.2 Å². The molecule has 0 heterocycles. The first-order valence-electron chi connectivity index (χ1n) is 8.28. The summed E-state index contributed by atoms with van der Waals surface area (Å²) >= 11 is 0. The van der Waals surface area contributed by atoms with E-state index in [9.17, 15) is 4.79 Å². The quantitative estimate of drug-likeness (QED) is 0.811. The van der Waals surface area contributed by atoms with Crippen LogP contribution in [0.1, 0.15) is 29.7 Å². The number of ether oxygens (including phenoxy) is 2. The van der Waals surface area contributed by atoms with Crippen LogP contribution in [0, 0.1) is 6.92 Å². The summed E-state index contributed by atoms with van der Waals surface area (Å²) in [6.07, 6.45) is 0.673. The van der Waals surface area contributed by atoms with Gasteiger partial charge in [0.15, 0.2) is 11.5 Å². The van der Waals surface area contributed by atoms with Crippen molar-refractivity contribution in [3.8, 4) is 11.5 Å². The third kappa shape index (κ3) is 4.97. The molecule has 5 heteroatoms. The zero-order valence-corrected chi connectivity index (χ0v) is 15.2. The number of carbonyl (C=O) groups excluding carboxylic acids is 1. The Hall–Kier alpha value is -2.53. The first-order chi connectivity index (χ1) is 11.9. The third-order valence-corrected chi connectivity index (χ3v) is 4.10. The van der Waals surface area contributed by atoms with Crippen molar-refractivity contribution in [1.82, 2.24) is 5.32 Å². The topological polar surface area (TPSA) is 73.6 Å². The van der Waals surface area contributed by atoms with Gasteiger partial charge in [0.25, 0.3) is 0 Å². The maximum Gasteiger partial charge on any atom is 0.241 e. The van der Waals surface area contributed by atoms with E-state index in [2.05, 4.69) is 5.32 Å². The lowest BCUT2D eigenvalue weighted by atomic mass is 10.0. The molecule has 0 bridgehead atoms. The molecule has 5 nitrogen and oxygen atoms in total. The molecule has 1 amide bonds. The number of amides is 1. The second-order valence-corrected chi connectivity index (χ2v) is 6.19. The molecule has 0 aliphatic heterocycles. The van der Waals surface area contributed by atoms with Gasteiger partial charge in [-0.05, 0) is 43.5 Å². The van der Waals surface area contributed by atoms with E-state index in [0.717, 1.165) is 16.7 Å². The molecule has 134 valence electrons. The van der Waals surface area contributed by atoms with Crippen LogP contribution < -0.4 is 20.5 Å². The van der Waals surface area contributed by atoms with Crippen molar-refractivity contribution >= 4 is 5.91 Å². The summed E-state index contributed by atoms with van der Waals surface area (Å²) in [7, 11) is 3.21. The first kappa shape index (κ1) is 18.8. The second-order valence-electron chi connectivity index (χ2n) is 6.19. The number of methoxy groups -OCH3 is 2. The lowest BCUT2D eigenvalue weighted by Crippen LogP contribution is -2.40. The van der Waals surface area contributed by atoms with Crippen LogP contribution in [0.3, 0.4) is 0 Å². The highest BCUT2D eigenvalue weighted by molar-refractivity contribution is 5.83. The molecule has 0 aliphatic rings. The molecular formula is C20H26N2O3. The molecular weight excluding hydrogens is 316 g/mol. The summed E-state index contributed by atoms with van der Waals surface area (Å²) in [5, 5.41) is 2.97. The van der Waals surface area contributed by atoms with E-state index in [1.54, 1.807) is 14.2 Å². The summed E-state index contributed by atoms with van der Waals surface area (Å²) in [6, 6.07) is 12.7. The van der Waals surface area contributed by atoms with E-state index >= 15 is 0 Å².